The number of nitrogens with two attached hydrogens (primary N) is 1. The van der Waals surface area contributed by atoms with E-state index in [9.17, 15) is 5.11 Å². The number of hydrogen-bond donors (Lipinski definition) is 2. The zero-order valence-corrected chi connectivity index (χ0v) is 8.83. The highest BCUT2D eigenvalue weighted by molar-refractivity contribution is 5.47. The van der Waals surface area contributed by atoms with E-state index in [1.165, 1.54) is 0 Å². The van der Waals surface area contributed by atoms with Crippen molar-refractivity contribution in [3.63, 3.8) is 0 Å². The highest BCUT2D eigenvalue weighted by atomic mass is 16.3. The van der Waals surface area contributed by atoms with Gasteiger partial charge < -0.3 is 15.7 Å². The Morgan fingerprint density at radius 1 is 1.36 bits per heavy atom. The SMILES string of the molecule is CN(C)CCCc1cc(N)ccc1O. The normalized spacial score (nSPS) is 10.8. The standard InChI is InChI=1S/C11H18N2O/c1-13(2)7-3-4-9-8-10(12)5-6-11(9)14/h5-6,8,14H,3-4,7,12H2,1-2H3. The molecule has 1 aromatic carbocycles. The first-order valence-corrected chi connectivity index (χ1v) is 4.81. The number of aryl methyl sites for hydroxylation is 1. The Kier molecular flexibility index (Phi) is 3.77. The predicted octanol–water partition coefficient (Wildman–Crippen LogP) is 1.47. The molecule has 0 heterocycles. The van der Waals surface area contributed by atoms with Gasteiger partial charge in [-0.2, -0.15) is 0 Å². The van der Waals surface area contributed by atoms with E-state index in [0.717, 1.165) is 24.9 Å². The third kappa shape index (κ3) is 3.26. The van der Waals surface area contributed by atoms with Gasteiger partial charge >= 0.3 is 0 Å². The first kappa shape index (κ1) is 10.9. The van der Waals surface area contributed by atoms with Crippen molar-refractivity contribution in [1.82, 2.24) is 4.90 Å². The van der Waals surface area contributed by atoms with E-state index in [2.05, 4.69) is 4.90 Å². The van der Waals surface area contributed by atoms with E-state index in [1.807, 2.05) is 20.2 Å². The lowest BCUT2D eigenvalue weighted by molar-refractivity contribution is 0.397. The highest BCUT2D eigenvalue weighted by Gasteiger charge is 2.01. The van der Waals surface area contributed by atoms with Crippen LogP contribution in [0.5, 0.6) is 5.75 Å². The average Bonchev–Trinajstić information content (AvgIpc) is 2.10. The Morgan fingerprint density at radius 2 is 2.07 bits per heavy atom. The fraction of sp³-hybridized carbons (Fsp3) is 0.455. The molecule has 78 valence electrons. The summed E-state index contributed by atoms with van der Waals surface area (Å²) in [6, 6.07) is 5.20. The zero-order chi connectivity index (χ0) is 10.6. The lowest BCUT2D eigenvalue weighted by Crippen LogP contribution is -2.13. The van der Waals surface area contributed by atoms with Gasteiger partial charge in [0.1, 0.15) is 5.75 Å². The molecule has 0 radical (unpaired) electrons. The molecule has 0 fully saturated rings. The number of nitrogens with zero attached hydrogens (tertiary/aromatic N) is 1. The second kappa shape index (κ2) is 4.86. The molecule has 3 nitrogen and oxygen atoms in total. The Morgan fingerprint density at radius 3 is 2.71 bits per heavy atom. The minimum atomic E-state index is 0.345. The van der Waals surface area contributed by atoms with E-state index in [4.69, 9.17) is 5.73 Å². The maximum absolute atomic E-state index is 9.53. The summed E-state index contributed by atoms with van der Waals surface area (Å²) in [4.78, 5) is 2.13. The molecule has 0 amide bonds. The smallest absolute Gasteiger partial charge is 0.118 e. The molecule has 3 heteroatoms. The molecule has 0 aliphatic heterocycles. The molecule has 14 heavy (non-hydrogen) atoms. The van der Waals surface area contributed by atoms with Crippen LogP contribution in [0.1, 0.15) is 12.0 Å². The number of benzene rings is 1. The summed E-state index contributed by atoms with van der Waals surface area (Å²) in [6.45, 7) is 1.02. The van der Waals surface area contributed by atoms with E-state index in [1.54, 1.807) is 12.1 Å². The summed E-state index contributed by atoms with van der Waals surface area (Å²) in [5.41, 5.74) is 7.29. The maximum Gasteiger partial charge on any atom is 0.118 e. The van der Waals surface area contributed by atoms with Crippen LogP contribution in [0.2, 0.25) is 0 Å². The molecular weight excluding hydrogens is 176 g/mol. The molecule has 0 aliphatic carbocycles. The van der Waals surface area contributed by atoms with Crippen molar-refractivity contribution in [2.75, 3.05) is 26.4 Å². The van der Waals surface area contributed by atoms with Crippen molar-refractivity contribution < 1.29 is 5.11 Å². The zero-order valence-electron chi connectivity index (χ0n) is 8.83. The molecule has 0 saturated heterocycles. The second-order valence-corrected chi connectivity index (χ2v) is 3.79. The maximum atomic E-state index is 9.53. The van der Waals surface area contributed by atoms with Gasteiger partial charge in [-0.25, -0.2) is 0 Å². The van der Waals surface area contributed by atoms with Gasteiger partial charge in [-0.05, 0) is 57.2 Å². The predicted molar refractivity (Wildman–Crippen MR) is 59.4 cm³/mol. The van der Waals surface area contributed by atoms with Crippen molar-refractivity contribution in [3.8, 4) is 5.75 Å². The van der Waals surface area contributed by atoms with Crippen LogP contribution in [0.3, 0.4) is 0 Å². The summed E-state index contributed by atoms with van der Waals surface area (Å²) in [6.07, 6.45) is 1.90. The summed E-state index contributed by atoms with van der Waals surface area (Å²) >= 11 is 0. The van der Waals surface area contributed by atoms with Crippen molar-refractivity contribution in [2.45, 2.75) is 12.8 Å². The van der Waals surface area contributed by atoms with Crippen molar-refractivity contribution in [2.24, 2.45) is 0 Å². The van der Waals surface area contributed by atoms with Crippen LogP contribution in [-0.4, -0.2) is 30.6 Å². The topological polar surface area (TPSA) is 49.5 Å². The molecular formula is C11H18N2O. The van der Waals surface area contributed by atoms with Gasteiger partial charge in [0.2, 0.25) is 0 Å². The van der Waals surface area contributed by atoms with Gasteiger partial charge in [-0.15, -0.1) is 0 Å². The van der Waals surface area contributed by atoms with Gasteiger partial charge in [0.05, 0.1) is 0 Å². The second-order valence-electron chi connectivity index (χ2n) is 3.79. The molecule has 0 aliphatic rings. The molecule has 0 atom stereocenters. The molecule has 0 bridgehead atoms. The van der Waals surface area contributed by atoms with Crippen molar-refractivity contribution >= 4 is 5.69 Å². The van der Waals surface area contributed by atoms with E-state index >= 15 is 0 Å². The summed E-state index contributed by atoms with van der Waals surface area (Å²) < 4.78 is 0. The van der Waals surface area contributed by atoms with E-state index < -0.39 is 0 Å². The Hall–Kier alpha value is -1.22. The van der Waals surface area contributed by atoms with Crippen LogP contribution in [0.25, 0.3) is 0 Å². The average molecular weight is 194 g/mol. The molecule has 1 aromatic rings. The van der Waals surface area contributed by atoms with E-state index in [0.29, 0.717) is 11.4 Å². The first-order chi connectivity index (χ1) is 6.59. The fourth-order valence-electron chi connectivity index (χ4n) is 1.39. The molecule has 0 spiro atoms. The Labute approximate surface area is 85.2 Å². The number of phenols is 1. The van der Waals surface area contributed by atoms with Crippen LogP contribution in [0.15, 0.2) is 18.2 Å². The van der Waals surface area contributed by atoms with Crippen LogP contribution >= 0.6 is 0 Å². The van der Waals surface area contributed by atoms with Gasteiger partial charge in [0, 0.05) is 5.69 Å². The Bertz CT molecular complexity index is 297. The molecule has 1 rings (SSSR count). The summed E-state index contributed by atoms with van der Waals surface area (Å²) in [5.74, 6) is 0.345. The number of rotatable bonds is 4. The summed E-state index contributed by atoms with van der Waals surface area (Å²) in [7, 11) is 4.08. The lowest BCUT2D eigenvalue weighted by atomic mass is 10.1. The fourth-order valence-corrected chi connectivity index (χ4v) is 1.39. The molecule has 0 saturated carbocycles. The van der Waals surface area contributed by atoms with Crippen LogP contribution < -0.4 is 5.73 Å². The van der Waals surface area contributed by atoms with Crippen LogP contribution in [0, 0.1) is 0 Å². The molecule has 3 N–H and O–H groups in total. The molecule has 0 aromatic heterocycles. The van der Waals surface area contributed by atoms with Crippen LogP contribution in [0.4, 0.5) is 5.69 Å². The van der Waals surface area contributed by atoms with Gasteiger partial charge in [0.15, 0.2) is 0 Å². The van der Waals surface area contributed by atoms with Crippen molar-refractivity contribution in [3.05, 3.63) is 23.8 Å². The highest BCUT2D eigenvalue weighted by Crippen LogP contribution is 2.20. The number of phenolic OH excluding ortho intramolecular Hbond substituents is 1. The monoisotopic (exact) mass is 194 g/mol. The number of hydrogen-bond acceptors (Lipinski definition) is 3. The van der Waals surface area contributed by atoms with Crippen molar-refractivity contribution in [1.29, 1.82) is 0 Å². The number of nitrogen functional groups attached to an aromatic ring is 1. The van der Waals surface area contributed by atoms with E-state index in [-0.39, 0.29) is 0 Å². The third-order valence-corrected chi connectivity index (χ3v) is 2.15. The largest absolute Gasteiger partial charge is 0.508 e. The Balaban J connectivity index is 2.53. The van der Waals surface area contributed by atoms with Crippen LogP contribution in [-0.2, 0) is 6.42 Å². The third-order valence-electron chi connectivity index (χ3n) is 2.15. The van der Waals surface area contributed by atoms with Gasteiger partial charge in [-0.1, -0.05) is 0 Å². The lowest BCUT2D eigenvalue weighted by Gasteiger charge is -2.10. The minimum Gasteiger partial charge on any atom is -0.508 e. The van der Waals surface area contributed by atoms with Gasteiger partial charge in [0.25, 0.3) is 0 Å². The number of aromatic hydroxyl groups is 1. The first-order valence-electron chi connectivity index (χ1n) is 4.81. The molecule has 0 unspecified atom stereocenters. The van der Waals surface area contributed by atoms with Gasteiger partial charge in [-0.3, -0.25) is 0 Å². The quantitative estimate of drug-likeness (QED) is 0.563. The summed E-state index contributed by atoms with van der Waals surface area (Å²) in [5, 5.41) is 9.53. The number of anilines is 1. The minimum absolute atomic E-state index is 0.345.